The molecule has 3 aromatic carbocycles. The molecule has 0 aliphatic rings. The van der Waals surface area contributed by atoms with Crippen LogP contribution in [-0.2, 0) is 15.4 Å². The van der Waals surface area contributed by atoms with Gasteiger partial charge in [-0.2, -0.15) is 0 Å². The van der Waals surface area contributed by atoms with Gasteiger partial charge >= 0.3 is 0 Å². The quantitative estimate of drug-likeness (QED) is 0.314. The normalized spacial score (nSPS) is 12.2. The van der Waals surface area contributed by atoms with Crippen LogP contribution in [0, 0.1) is 6.92 Å². The fourth-order valence-electron chi connectivity index (χ4n) is 3.19. The summed E-state index contributed by atoms with van der Waals surface area (Å²) in [7, 11) is -3.77. The highest BCUT2D eigenvalue weighted by atomic mass is 32.2. The van der Waals surface area contributed by atoms with E-state index in [1.165, 1.54) is 23.1 Å². The minimum Gasteiger partial charge on any atom is -0.507 e. The maximum absolute atomic E-state index is 13.0. The second-order valence-electron chi connectivity index (χ2n) is 8.56. The van der Waals surface area contributed by atoms with Crippen LogP contribution in [0.2, 0.25) is 0 Å². The zero-order chi connectivity index (χ0) is 23.1. The van der Waals surface area contributed by atoms with Gasteiger partial charge in [-0.1, -0.05) is 56.8 Å². The van der Waals surface area contributed by atoms with Gasteiger partial charge in [0.2, 0.25) is 0 Å². The van der Waals surface area contributed by atoms with Crippen molar-refractivity contribution in [3.63, 3.8) is 0 Å². The fraction of sp³-hybridized carbons (Fsp3) is 0.208. The van der Waals surface area contributed by atoms with E-state index < -0.39 is 10.0 Å². The summed E-state index contributed by atoms with van der Waals surface area (Å²) in [5.74, 6) is 0.0873. The molecule has 0 unspecified atom stereocenters. The minimum absolute atomic E-state index is 0.0595. The number of aryl methyl sites for hydroxylation is 1. The van der Waals surface area contributed by atoms with E-state index in [2.05, 4.69) is 30.5 Å². The third-order valence-electron chi connectivity index (χ3n) is 5.05. The summed E-state index contributed by atoms with van der Waals surface area (Å²) in [5.41, 5.74) is 2.95. The molecule has 5 nitrogen and oxygen atoms in total. The largest absolute Gasteiger partial charge is 0.507 e. The molecule has 0 atom stereocenters. The maximum atomic E-state index is 13.0. The average Bonchev–Trinajstić information content (AvgIpc) is 3.13. The number of fused-ring (bicyclic) bond motifs is 1. The summed E-state index contributed by atoms with van der Waals surface area (Å²) in [4.78, 5) is 5.31. The molecule has 0 amide bonds. The molecule has 0 saturated heterocycles. The molecule has 4 aromatic rings. The van der Waals surface area contributed by atoms with Gasteiger partial charge in [0, 0.05) is 0 Å². The molecule has 166 valence electrons. The molecule has 1 heterocycles. The van der Waals surface area contributed by atoms with Crippen molar-refractivity contribution in [2.75, 3.05) is 4.72 Å². The van der Waals surface area contributed by atoms with E-state index in [-0.39, 0.29) is 16.1 Å². The number of thiazole rings is 1. The summed E-state index contributed by atoms with van der Waals surface area (Å²) < 4.78 is 30.5. The van der Waals surface area contributed by atoms with Crippen LogP contribution in [0.5, 0.6) is 5.75 Å². The summed E-state index contributed by atoms with van der Waals surface area (Å²) in [5, 5.41) is 10.5. The summed E-state index contributed by atoms with van der Waals surface area (Å²) in [6.45, 7) is 8.00. The van der Waals surface area contributed by atoms with Crippen LogP contribution >= 0.6 is 23.1 Å². The van der Waals surface area contributed by atoms with Crippen LogP contribution in [0.25, 0.3) is 10.2 Å². The van der Waals surface area contributed by atoms with E-state index in [4.69, 9.17) is 0 Å². The Bertz CT molecular complexity index is 1350. The smallest absolute Gasteiger partial charge is 0.261 e. The summed E-state index contributed by atoms with van der Waals surface area (Å²) in [6.07, 6.45) is 0. The molecule has 0 bridgehead atoms. The lowest BCUT2D eigenvalue weighted by atomic mass is 9.87. The third-order valence-corrected chi connectivity index (χ3v) is 8.58. The molecule has 0 aliphatic carbocycles. The van der Waals surface area contributed by atoms with Gasteiger partial charge in [0.1, 0.15) is 5.75 Å². The first-order valence-electron chi connectivity index (χ1n) is 10.0. The van der Waals surface area contributed by atoms with Crippen molar-refractivity contribution < 1.29 is 13.5 Å². The van der Waals surface area contributed by atoms with Crippen LogP contribution in [0.4, 0.5) is 5.69 Å². The van der Waals surface area contributed by atoms with Gasteiger partial charge in [0.05, 0.1) is 25.7 Å². The number of rotatable bonds is 5. The highest BCUT2D eigenvalue weighted by Crippen LogP contribution is 2.41. The summed E-state index contributed by atoms with van der Waals surface area (Å²) >= 11 is 2.84. The number of phenols is 1. The number of aromatic hydroxyl groups is 1. The van der Waals surface area contributed by atoms with Crippen molar-refractivity contribution in [1.82, 2.24) is 4.98 Å². The number of para-hydroxylation sites is 1. The number of hydrogen-bond acceptors (Lipinski definition) is 6. The third kappa shape index (κ3) is 4.77. The number of benzene rings is 3. The number of anilines is 1. The topological polar surface area (TPSA) is 79.3 Å². The Morgan fingerprint density at radius 2 is 1.72 bits per heavy atom. The number of nitrogens with zero attached hydrogens (tertiary/aromatic N) is 1. The molecule has 0 radical (unpaired) electrons. The molecule has 0 spiro atoms. The molecular weight excluding hydrogens is 460 g/mol. The van der Waals surface area contributed by atoms with Crippen LogP contribution in [0.15, 0.2) is 74.8 Å². The number of aromatic nitrogens is 1. The molecule has 32 heavy (non-hydrogen) atoms. The van der Waals surface area contributed by atoms with E-state index in [0.717, 1.165) is 20.1 Å². The van der Waals surface area contributed by atoms with Gasteiger partial charge in [-0.15, -0.1) is 11.3 Å². The highest BCUT2D eigenvalue weighted by Gasteiger charge is 2.20. The van der Waals surface area contributed by atoms with Crippen molar-refractivity contribution in [1.29, 1.82) is 0 Å². The lowest BCUT2D eigenvalue weighted by molar-refractivity contribution is 0.462. The van der Waals surface area contributed by atoms with Gasteiger partial charge in [-0.05, 0) is 59.9 Å². The number of sulfonamides is 1. The van der Waals surface area contributed by atoms with E-state index in [1.807, 2.05) is 36.4 Å². The van der Waals surface area contributed by atoms with E-state index in [0.29, 0.717) is 16.1 Å². The predicted octanol–water partition coefficient (Wildman–Crippen LogP) is 6.56. The second-order valence-corrected chi connectivity index (χ2v) is 12.6. The number of hydrogen-bond donors (Lipinski definition) is 2. The molecule has 0 fully saturated rings. The first-order chi connectivity index (χ1) is 15.0. The van der Waals surface area contributed by atoms with Gasteiger partial charge in [-0.25, -0.2) is 13.4 Å². The van der Waals surface area contributed by atoms with Crippen LogP contribution in [0.3, 0.4) is 0 Å². The molecular formula is C24H24N2O3S3. The molecule has 0 aliphatic heterocycles. The Morgan fingerprint density at radius 1 is 1.03 bits per heavy atom. The van der Waals surface area contributed by atoms with Crippen molar-refractivity contribution in [2.45, 2.75) is 47.2 Å². The molecule has 4 rings (SSSR count). The second kappa shape index (κ2) is 8.42. The fourth-order valence-corrected chi connectivity index (χ4v) is 6.39. The first kappa shape index (κ1) is 22.6. The summed E-state index contributed by atoms with van der Waals surface area (Å²) in [6, 6.07) is 18.0. The van der Waals surface area contributed by atoms with E-state index in [1.54, 1.807) is 31.2 Å². The molecule has 2 N–H and O–H groups in total. The van der Waals surface area contributed by atoms with Gasteiger partial charge < -0.3 is 5.11 Å². The predicted molar refractivity (Wildman–Crippen MR) is 133 cm³/mol. The Hall–Kier alpha value is -2.55. The van der Waals surface area contributed by atoms with Crippen LogP contribution in [0.1, 0.15) is 31.9 Å². The van der Waals surface area contributed by atoms with E-state index in [9.17, 15) is 13.5 Å². The van der Waals surface area contributed by atoms with Crippen LogP contribution < -0.4 is 4.72 Å². The minimum atomic E-state index is -3.77. The Morgan fingerprint density at radius 3 is 2.38 bits per heavy atom. The van der Waals surface area contributed by atoms with Crippen molar-refractivity contribution in [3.8, 4) is 5.75 Å². The monoisotopic (exact) mass is 484 g/mol. The van der Waals surface area contributed by atoms with Crippen LogP contribution in [-0.4, -0.2) is 18.5 Å². The van der Waals surface area contributed by atoms with Crippen molar-refractivity contribution in [2.24, 2.45) is 0 Å². The zero-order valence-corrected chi connectivity index (χ0v) is 20.7. The van der Waals surface area contributed by atoms with Gasteiger partial charge in [0.15, 0.2) is 4.34 Å². The first-order valence-corrected chi connectivity index (χ1v) is 13.1. The Kier molecular flexibility index (Phi) is 5.96. The molecule has 1 aromatic heterocycles. The van der Waals surface area contributed by atoms with Gasteiger partial charge in [0.25, 0.3) is 10.0 Å². The SMILES string of the molecule is Cc1cc(O)c(Sc2nc3ccccc3s2)cc1NS(=O)(=O)c1ccc(C(C)(C)C)cc1. The maximum Gasteiger partial charge on any atom is 0.261 e. The molecule has 8 heteroatoms. The lowest BCUT2D eigenvalue weighted by Crippen LogP contribution is -2.15. The Labute approximate surface area is 196 Å². The molecule has 0 saturated carbocycles. The standard InChI is InChI=1S/C24H24N2O3S3/c1-15-13-20(27)22(31-23-25-18-7-5-6-8-21(18)30-23)14-19(15)26-32(28,29)17-11-9-16(10-12-17)24(2,3)4/h5-14,26-27H,1-4H3. The van der Waals surface area contributed by atoms with Crippen molar-refractivity contribution >= 4 is 49.0 Å². The number of phenolic OH excluding ortho intramolecular Hbond substituents is 1. The number of nitrogens with one attached hydrogen (secondary N) is 1. The van der Waals surface area contributed by atoms with Gasteiger partial charge in [-0.3, -0.25) is 4.72 Å². The average molecular weight is 485 g/mol. The lowest BCUT2D eigenvalue weighted by Gasteiger charge is -2.19. The zero-order valence-electron chi connectivity index (χ0n) is 18.2. The van der Waals surface area contributed by atoms with E-state index >= 15 is 0 Å². The highest BCUT2D eigenvalue weighted by molar-refractivity contribution is 8.01. The van der Waals surface area contributed by atoms with Crippen molar-refractivity contribution in [3.05, 3.63) is 71.8 Å². The Balaban J connectivity index is 1.62.